The predicted octanol–water partition coefficient (Wildman–Crippen LogP) is 2.82. The number of carbonyl (C=O) groups excluding carboxylic acids is 1. The number of ether oxygens (including phenoxy) is 1. The van der Waals surface area contributed by atoms with Gasteiger partial charge in [-0.2, -0.15) is 5.26 Å². The summed E-state index contributed by atoms with van der Waals surface area (Å²) in [5.41, 5.74) is 2.32. The van der Waals surface area contributed by atoms with Gasteiger partial charge >= 0.3 is 0 Å². The van der Waals surface area contributed by atoms with E-state index in [0.717, 1.165) is 37.1 Å². The molecule has 2 aromatic carbocycles. The fourth-order valence-corrected chi connectivity index (χ4v) is 3.88. The molecule has 0 bridgehead atoms. The first kappa shape index (κ1) is 16.6. The topological polar surface area (TPSA) is 74.1 Å². The highest BCUT2D eigenvalue weighted by Gasteiger charge is 2.47. The minimum absolute atomic E-state index is 0.135. The Hall–Kier alpha value is -2.84. The van der Waals surface area contributed by atoms with Crippen LogP contribution in [0.3, 0.4) is 0 Å². The van der Waals surface area contributed by atoms with Gasteiger partial charge in [-0.3, -0.25) is 10.1 Å². The quantitative estimate of drug-likeness (QED) is 0.892. The molecule has 2 aromatic rings. The summed E-state index contributed by atoms with van der Waals surface area (Å²) in [6.45, 7) is 1.13. The molecule has 132 valence electrons. The number of nitrogens with zero attached hydrogens (tertiary/aromatic N) is 1. The number of hydrogen-bond donors (Lipinski definition) is 2. The van der Waals surface area contributed by atoms with Crippen LogP contribution in [0.25, 0.3) is 0 Å². The molecule has 0 aromatic heterocycles. The van der Waals surface area contributed by atoms with Crippen molar-refractivity contribution in [3.05, 3.63) is 65.2 Å². The summed E-state index contributed by atoms with van der Waals surface area (Å²) in [6.07, 6.45) is 2.71. The Morgan fingerprint density at radius 1 is 1.15 bits per heavy atom. The Balaban J connectivity index is 1.40. The van der Waals surface area contributed by atoms with Crippen molar-refractivity contribution in [2.45, 2.75) is 37.5 Å². The molecule has 5 heteroatoms. The van der Waals surface area contributed by atoms with E-state index in [1.807, 2.05) is 30.3 Å². The van der Waals surface area contributed by atoms with Gasteiger partial charge in [0.1, 0.15) is 17.9 Å². The molecule has 2 N–H and O–H groups in total. The zero-order valence-corrected chi connectivity index (χ0v) is 14.5. The summed E-state index contributed by atoms with van der Waals surface area (Å²) in [5, 5.41) is 15.6. The molecule has 0 saturated carbocycles. The molecular formula is C21H21N3O2. The number of nitriles is 1. The second-order valence-corrected chi connectivity index (χ2v) is 6.95. The van der Waals surface area contributed by atoms with Crippen molar-refractivity contribution in [1.82, 2.24) is 10.6 Å². The van der Waals surface area contributed by atoms with E-state index in [1.165, 1.54) is 5.56 Å². The van der Waals surface area contributed by atoms with Crippen LogP contribution < -0.4 is 15.4 Å². The number of amides is 1. The summed E-state index contributed by atoms with van der Waals surface area (Å²) in [4.78, 5) is 12.1. The van der Waals surface area contributed by atoms with Crippen LogP contribution in [-0.2, 0) is 11.4 Å². The first-order valence-electron chi connectivity index (χ1n) is 8.97. The van der Waals surface area contributed by atoms with Gasteiger partial charge in [0.05, 0.1) is 11.6 Å². The van der Waals surface area contributed by atoms with E-state index in [9.17, 15) is 4.79 Å². The highest BCUT2D eigenvalue weighted by molar-refractivity contribution is 5.88. The van der Waals surface area contributed by atoms with Crippen LogP contribution in [0.1, 0.15) is 42.0 Å². The predicted molar refractivity (Wildman–Crippen MR) is 97.4 cm³/mol. The van der Waals surface area contributed by atoms with Crippen molar-refractivity contribution in [3.63, 3.8) is 0 Å². The molecule has 0 radical (unpaired) electrons. The number of benzene rings is 2. The zero-order valence-electron chi connectivity index (χ0n) is 14.5. The van der Waals surface area contributed by atoms with Gasteiger partial charge in [-0.25, -0.2) is 0 Å². The third-order valence-electron chi connectivity index (χ3n) is 5.40. The molecular weight excluding hydrogens is 326 g/mol. The Kier molecular flexibility index (Phi) is 4.36. The molecule has 1 spiro atoms. The Labute approximate surface area is 153 Å². The normalized spacial score (nSPS) is 24.4. The third kappa shape index (κ3) is 3.04. The van der Waals surface area contributed by atoms with Crippen LogP contribution in [0, 0.1) is 11.3 Å². The molecule has 2 aliphatic heterocycles. The van der Waals surface area contributed by atoms with Crippen LogP contribution in [0.2, 0.25) is 0 Å². The van der Waals surface area contributed by atoms with E-state index < -0.39 is 0 Å². The van der Waals surface area contributed by atoms with Crippen LogP contribution in [0.4, 0.5) is 0 Å². The molecule has 26 heavy (non-hydrogen) atoms. The van der Waals surface area contributed by atoms with Crippen molar-refractivity contribution >= 4 is 5.91 Å². The van der Waals surface area contributed by atoms with Gasteiger partial charge in [-0.05, 0) is 43.0 Å². The summed E-state index contributed by atoms with van der Waals surface area (Å²) < 4.78 is 5.83. The average molecular weight is 347 g/mol. The van der Waals surface area contributed by atoms with Gasteiger partial charge < -0.3 is 10.1 Å². The lowest BCUT2D eigenvalue weighted by Gasteiger charge is -2.22. The first-order valence-corrected chi connectivity index (χ1v) is 8.97. The van der Waals surface area contributed by atoms with Crippen LogP contribution >= 0.6 is 0 Å². The van der Waals surface area contributed by atoms with Crippen molar-refractivity contribution < 1.29 is 9.53 Å². The lowest BCUT2D eigenvalue weighted by atomic mass is 9.96. The van der Waals surface area contributed by atoms with Gasteiger partial charge in [-0.15, -0.1) is 0 Å². The maximum absolute atomic E-state index is 12.1. The maximum Gasteiger partial charge on any atom is 0.240 e. The van der Waals surface area contributed by atoms with Gasteiger partial charge in [0.2, 0.25) is 5.91 Å². The molecule has 2 heterocycles. The van der Waals surface area contributed by atoms with E-state index in [-0.39, 0.29) is 17.5 Å². The molecule has 5 nitrogen and oxygen atoms in total. The Morgan fingerprint density at radius 2 is 1.96 bits per heavy atom. The second-order valence-electron chi connectivity index (χ2n) is 6.95. The second kappa shape index (κ2) is 6.81. The van der Waals surface area contributed by atoms with Gasteiger partial charge in [0.15, 0.2) is 0 Å². The fraction of sp³-hybridized carbons (Fsp3) is 0.333. The van der Waals surface area contributed by atoms with Crippen molar-refractivity contribution in [1.29, 1.82) is 5.26 Å². The Bertz CT molecular complexity index is 856. The summed E-state index contributed by atoms with van der Waals surface area (Å²) in [7, 11) is 0. The van der Waals surface area contributed by atoms with Gasteiger partial charge in [0.25, 0.3) is 0 Å². The number of carbonyl (C=O) groups is 1. The summed E-state index contributed by atoms with van der Waals surface area (Å²) in [5.74, 6) is 0.906. The summed E-state index contributed by atoms with van der Waals surface area (Å²) >= 11 is 0. The molecule has 2 aliphatic rings. The molecule has 4 rings (SSSR count). The molecule has 1 amide bonds. The summed E-state index contributed by atoms with van der Waals surface area (Å²) in [6, 6.07) is 17.8. The van der Waals surface area contributed by atoms with Crippen LogP contribution in [-0.4, -0.2) is 18.0 Å². The van der Waals surface area contributed by atoms with Crippen molar-refractivity contribution in [2.24, 2.45) is 0 Å². The van der Waals surface area contributed by atoms with E-state index in [4.69, 9.17) is 10.00 Å². The largest absolute Gasteiger partial charge is 0.489 e. The SMILES string of the molecule is N#Cc1ccccc1COc1ccc(C2CCC3(CCNC3=O)N2)cc1. The lowest BCUT2D eigenvalue weighted by molar-refractivity contribution is -0.124. The van der Waals surface area contributed by atoms with E-state index in [0.29, 0.717) is 12.2 Å². The van der Waals surface area contributed by atoms with E-state index >= 15 is 0 Å². The van der Waals surface area contributed by atoms with Crippen molar-refractivity contribution in [3.8, 4) is 11.8 Å². The number of rotatable bonds is 4. The molecule has 2 unspecified atom stereocenters. The zero-order chi connectivity index (χ0) is 18.0. The smallest absolute Gasteiger partial charge is 0.240 e. The fourth-order valence-electron chi connectivity index (χ4n) is 3.88. The molecule has 2 fully saturated rings. The van der Waals surface area contributed by atoms with E-state index in [2.05, 4.69) is 28.8 Å². The van der Waals surface area contributed by atoms with Gasteiger partial charge in [-0.1, -0.05) is 30.3 Å². The molecule has 2 saturated heterocycles. The van der Waals surface area contributed by atoms with Crippen LogP contribution in [0.5, 0.6) is 5.75 Å². The van der Waals surface area contributed by atoms with Gasteiger partial charge in [0, 0.05) is 18.2 Å². The highest BCUT2D eigenvalue weighted by atomic mass is 16.5. The lowest BCUT2D eigenvalue weighted by Crippen LogP contribution is -2.47. The third-order valence-corrected chi connectivity index (χ3v) is 5.40. The average Bonchev–Trinajstić information content (AvgIpc) is 3.28. The first-order chi connectivity index (χ1) is 12.7. The monoisotopic (exact) mass is 347 g/mol. The Morgan fingerprint density at radius 3 is 2.69 bits per heavy atom. The minimum atomic E-state index is -0.374. The van der Waals surface area contributed by atoms with E-state index in [1.54, 1.807) is 6.07 Å². The molecule has 0 aliphatic carbocycles. The maximum atomic E-state index is 12.1. The number of nitrogens with one attached hydrogen (secondary N) is 2. The van der Waals surface area contributed by atoms with Crippen LogP contribution in [0.15, 0.2) is 48.5 Å². The number of hydrogen-bond acceptors (Lipinski definition) is 4. The minimum Gasteiger partial charge on any atom is -0.489 e. The molecule has 2 atom stereocenters. The standard InChI is InChI=1S/C21H21N3O2/c22-13-16-3-1-2-4-17(16)14-26-18-7-5-15(6-8-18)19-9-10-21(24-19)11-12-23-20(21)25/h1-8,19,24H,9-12,14H2,(H,23,25). The highest BCUT2D eigenvalue weighted by Crippen LogP contribution is 2.37. The van der Waals surface area contributed by atoms with Crippen molar-refractivity contribution in [2.75, 3.05) is 6.54 Å².